The van der Waals surface area contributed by atoms with Gasteiger partial charge in [-0.25, -0.2) is 8.78 Å². The van der Waals surface area contributed by atoms with Gasteiger partial charge in [-0.05, 0) is 31.5 Å². The van der Waals surface area contributed by atoms with E-state index in [4.69, 9.17) is 0 Å². The lowest BCUT2D eigenvalue weighted by Gasteiger charge is -2.15. The van der Waals surface area contributed by atoms with Crippen molar-refractivity contribution in [3.63, 3.8) is 0 Å². The number of aryl methyl sites for hydroxylation is 2. The molecule has 2 aromatic rings. The largest absolute Gasteiger partial charge is 0.388 e. The predicted octanol–water partition coefficient (Wildman–Crippen LogP) is 2.90. The number of hydrogen-bond acceptors (Lipinski definition) is 3. The van der Waals surface area contributed by atoms with E-state index in [0.717, 1.165) is 0 Å². The quantitative estimate of drug-likeness (QED) is 0.935. The van der Waals surface area contributed by atoms with E-state index in [9.17, 15) is 13.9 Å². The molecule has 1 heterocycles. The number of benzene rings is 1. The van der Waals surface area contributed by atoms with E-state index < -0.39 is 17.7 Å². The van der Waals surface area contributed by atoms with Gasteiger partial charge in [0.25, 0.3) is 0 Å². The number of hydrogen-bond donors (Lipinski definition) is 1. The second-order valence-electron chi connectivity index (χ2n) is 4.66. The van der Waals surface area contributed by atoms with Gasteiger partial charge >= 0.3 is 0 Å². The summed E-state index contributed by atoms with van der Waals surface area (Å²) in [7, 11) is 0. The van der Waals surface area contributed by atoms with Crippen LogP contribution in [0.15, 0.2) is 24.3 Å². The highest BCUT2D eigenvalue weighted by Gasteiger charge is 2.18. The number of rotatable bonds is 4. The third-order valence-electron chi connectivity index (χ3n) is 3.18. The maximum absolute atomic E-state index is 13.6. The molecule has 0 aliphatic rings. The number of aliphatic hydroxyl groups is 1. The Hall–Kier alpha value is -1.88. The zero-order valence-electron chi connectivity index (χ0n) is 11.4. The molecule has 1 atom stereocenters. The lowest BCUT2D eigenvalue weighted by molar-refractivity contribution is 0.173. The zero-order chi connectivity index (χ0) is 14.7. The molecule has 20 heavy (non-hydrogen) atoms. The van der Waals surface area contributed by atoms with Crippen molar-refractivity contribution in [2.24, 2.45) is 0 Å². The molecule has 106 valence electrons. The summed E-state index contributed by atoms with van der Waals surface area (Å²) in [5, 5.41) is 18.2. The summed E-state index contributed by atoms with van der Waals surface area (Å²) in [6.45, 7) is 3.64. The first-order valence-electron chi connectivity index (χ1n) is 6.47. The summed E-state index contributed by atoms with van der Waals surface area (Å²) < 4.78 is 27.2. The standard InChI is InChI=1S/C15H16F2N2O/c1-3-14-11(7-9(2)18-19-14)15(20)8-10-12(16)5-4-6-13(10)17/h4-7,15,20H,3,8H2,1-2H3. The van der Waals surface area contributed by atoms with Crippen molar-refractivity contribution >= 4 is 0 Å². The van der Waals surface area contributed by atoms with Crippen LogP contribution in [0.5, 0.6) is 0 Å². The fraction of sp³-hybridized carbons (Fsp3) is 0.333. The summed E-state index contributed by atoms with van der Waals surface area (Å²) >= 11 is 0. The Morgan fingerprint density at radius 1 is 1.20 bits per heavy atom. The molecular formula is C15H16F2N2O. The molecule has 0 saturated carbocycles. The number of halogens is 2. The van der Waals surface area contributed by atoms with E-state index in [1.165, 1.54) is 18.2 Å². The van der Waals surface area contributed by atoms with E-state index >= 15 is 0 Å². The van der Waals surface area contributed by atoms with Gasteiger partial charge in [-0.15, -0.1) is 0 Å². The molecule has 1 aromatic carbocycles. The molecule has 1 aromatic heterocycles. The molecule has 0 radical (unpaired) electrons. The fourth-order valence-electron chi connectivity index (χ4n) is 2.13. The molecule has 0 saturated heterocycles. The fourth-order valence-corrected chi connectivity index (χ4v) is 2.13. The first-order valence-corrected chi connectivity index (χ1v) is 6.47. The van der Waals surface area contributed by atoms with Crippen LogP contribution >= 0.6 is 0 Å². The van der Waals surface area contributed by atoms with E-state index in [2.05, 4.69) is 10.2 Å². The molecule has 0 aliphatic carbocycles. The van der Waals surface area contributed by atoms with Gasteiger partial charge in [0.15, 0.2) is 0 Å². The van der Waals surface area contributed by atoms with E-state index in [-0.39, 0.29) is 12.0 Å². The van der Waals surface area contributed by atoms with Crippen LogP contribution in [0.4, 0.5) is 8.78 Å². The average Bonchev–Trinajstić information content (AvgIpc) is 2.43. The molecule has 2 rings (SSSR count). The highest BCUT2D eigenvalue weighted by Crippen LogP contribution is 2.24. The lowest BCUT2D eigenvalue weighted by atomic mass is 9.98. The third-order valence-corrected chi connectivity index (χ3v) is 3.18. The van der Waals surface area contributed by atoms with Crippen molar-refractivity contribution in [3.8, 4) is 0 Å². The van der Waals surface area contributed by atoms with E-state index in [0.29, 0.717) is 23.4 Å². The van der Waals surface area contributed by atoms with Crippen LogP contribution in [0.1, 0.15) is 35.5 Å². The van der Waals surface area contributed by atoms with Crippen LogP contribution in [0, 0.1) is 18.6 Å². The normalized spacial score (nSPS) is 12.4. The molecule has 0 aliphatic heterocycles. The van der Waals surface area contributed by atoms with E-state index in [1.807, 2.05) is 6.92 Å². The highest BCUT2D eigenvalue weighted by atomic mass is 19.1. The zero-order valence-corrected chi connectivity index (χ0v) is 11.4. The van der Waals surface area contributed by atoms with Crippen LogP contribution in [0.2, 0.25) is 0 Å². The Kier molecular flexibility index (Phi) is 4.39. The van der Waals surface area contributed by atoms with Crippen molar-refractivity contribution in [2.45, 2.75) is 32.8 Å². The van der Waals surface area contributed by atoms with Crippen LogP contribution in [-0.2, 0) is 12.8 Å². The Balaban J connectivity index is 2.33. The Morgan fingerprint density at radius 3 is 2.45 bits per heavy atom. The minimum Gasteiger partial charge on any atom is -0.388 e. The van der Waals surface area contributed by atoms with Gasteiger partial charge in [0, 0.05) is 17.5 Å². The Bertz CT molecular complexity index is 597. The summed E-state index contributed by atoms with van der Waals surface area (Å²) in [6, 6.07) is 5.37. The van der Waals surface area contributed by atoms with Crippen LogP contribution < -0.4 is 0 Å². The minimum atomic E-state index is -1.01. The monoisotopic (exact) mass is 278 g/mol. The SMILES string of the molecule is CCc1nnc(C)cc1C(O)Cc1c(F)cccc1F. The first-order chi connectivity index (χ1) is 9.52. The van der Waals surface area contributed by atoms with Gasteiger partial charge in [-0.2, -0.15) is 10.2 Å². The summed E-state index contributed by atoms with van der Waals surface area (Å²) in [6.07, 6.45) is -0.540. The molecule has 3 nitrogen and oxygen atoms in total. The maximum atomic E-state index is 13.6. The van der Waals surface area contributed by atoms with Gasteiger partial charge in [-0.3, -0.25) is 0 Å². The van der Waals surface area contributed by atoms with E-state index in [1.54, 1.807) is 13.0 Å². The molecule has 0 amide bonds. The smallest absolute Gasteiger partial charge is 0.129 e. The molecule has 1 N–H and O–H groups in total. The molecular weight excluding hydrogens is 262 g/mol. The summed E-state index contributed by atoms with van der Waals surface area (Å²) in [5.41, 5.74) is 1.75. The lowest BCUT2D eigenvalue weighted by Crippen LogP contribution is -2.10. The van der Waals surface area contributed by atoms with Gasteiger partial charge in [0.2, 0.25) is 0 Å². The van der Waals surface area contributed by atoms with Gasteiger partial charge in [-0.1, -0.05) is 13.0 Å². The van der Waals surface area contributed by atoms with Crippen LogP contribution in [0.25, 0.3) is 0 Å². The van der Waals surface area contributed by atoms with Crippen molar-refractivity contribution in [3.05, 3.63) is 58.4 Å². The van der Waals surface area contributed by atoms with Crippen molar-refractivity contribution in [1.82, 2.24) is 10.2 Å². The number of nitrogens with zero attached hydrogens (tertiary/aromatic N) is 2. The second-order valence-corrected chi connectivity index (χ2v) is 4.66. The Morgan fingerprint density at radius 2 is 1.85 bits per heavy atom. The van der Waals surface area contributed by atoms with Crippen LogP contribution in [0.3, 0.4) is 0 Å². The summed E-state index contributed by atoms with van der Waals surface area (Å²) in [4.78, 5) is 0. The second kappa shape index (κ2) is 6.05. The maximum Gasteiger partial charge on any atom is 0.129 e. The number of aliphatic hydroxyl groups excluding tert-OH is 1. The highest BCUT2D eigenvalue weighted by molar-refractivity contribution is 5.27. The predicted molar refractivity (Wildman–Crippen MR) is 71.2 cm³/mol. The topological polar surface area (TPSA) is 46.0 Å². The van der Waals surface area contributed by atoms with Gasteiger partial charge in [0.05, 0.1) is 17.5 Å². The molecule has 0 spiro atoms. The minimum absolute atomic E-state index is 0.114. The van der Waals surface area contributed by atoms with Crippen LogP contribution in [-0.4, -0.2) is 15.3 Å². The van der Waals surface area contributed by atoms with Crippen molar-refractivity contribution < 1.29 is 13.9 Å². The Labute approximate surface area is 116 Å². The summed E-state index contributed by atoms with van der Waals surface area (Å²) in [5.74, 6) is -1.30. The van der Waals surface area contributed by atoms with Gasteiger partial charge < -0.3 is 5.11 Å². The first kappa shape index (κ1) is 14.5. The average molecular weight is 278 g/mol. The van der Waals surface area contributed by atoms with Gasteiger partial charge in [0.1, 0.15) is 11.6 Å². The van der Waals surface area contributed by atoms with Crippen molar-refractivity contribution in [2.75, 3.05) is 0 Å². The molecule has 0 fully saturated rings. The molecule has 0 bridgehead atoms. The third kappa shape index (κ3) is 2.99. The molecule has 1 unspecified atom stereocenters. The van der Waals surface area contributed by atoms with Crippen molar-refractivity contribution in [1.29, 1.82) is 0 Å². The molecule has 5 heteroatoms. The number of aromatic nitrogens is 2.